The maximum Gasteiger partial charge on any atom is 0.239 e. The van der Waals surface area contributed by atoms with Crippen molar-refractivity contribution in [2.24, 2.45) is 0 Å². The first-order valence-electron chi connectivity index (χ1n) is 7.66. The topological polar surface area (TPSA) is 70.2 Å². The lowest BCUT2D eigenvalue weighted by atomic mass is 10.3. The molecule has 1 aromatic heterocycles. The Morgan fingerprint density at radius 2 is 2.00 bits per heavy atom. The van der Waals surface area contributed by atoms with Crippen molar-refractivity contribution < 1.29 is 4.79 Å². The minimum atomic E-state index is 0.00788. The molecular weight excluding hydrogens is 266 g/mol. The monoisotopic (exact) mass is 293 g/mol. The van der Waals surface area contributed by atoms with E-state index in [4.69, 9.17) is 0 Å². The van der Waals surface area contributed by atoms with Crippen molar-refractivity contribution in [3.05, 3.63) is 11.9 Å². The lowest BCUT2D eigenvalue weighted by Crippen LogP contribution is -2.40. The number of amides is 1. The van der Waals surface area contributed by atoms with Crippen LogP contribution in [0.1, 0.15) is 40.4 Å². The van der Waals surface area contributed by atoms with Gasteiger partial charge in [-0.3, -0.25) is 4.79 Å². The summed E-state index contributed by atoms with van der Waals surface area (Å²) < 4.78 is 0. The van der Waals surface area contributed by atoms with Gasteiger partial charge in [-0.15, -0.1) is 0 Å². The highest BCUT2D eigenvalue weighted by atomic mass is 16.2. The average Bonchev–Trinajstić information content (AvgIpc) is 2.43. The molecule has 0 radical (unpaired) electrons. The van der Waals surface area contributed by atoms with E-state index in [0.717, 1.165) is 37.0 Å². The Kier molecular flexibility index (Phi) is 6.91. The number of nitrogens with one attached hydrogen (secondary N) is 2. The second kappa shape index (κ2) is 8.44. The quantitative estimate of drug-likeness (QED) is 0.765. The predicted molar refractivity (Wildman–Crippen MR) is 86.7 cm³/mol. The smallest absolute Gasteiger partial charge is 0.239 e. The summed E-state index contributed by atoms with van der Waals surface area (Å²) in [6.45, 7) is 11.8. The summed E-state index contributed by atoms with van der Waals surface area (Å²) in [6, 6.07) is 2.04. The summed E-state index contributed by atoms with van der Waals surface area (Å²) in [5.41, 5.74) is 0. The van der Waals surface area contributed by atoms with Crippen molar-refractivity contribution in [3.63, 3.8) is 0 Å². The van der Waals surface area contributed by atoms with Gasteiger partial charge in [-0.25, -0.2) is 9.97 Å². The summed E-state index contributed by atoms with van der Waals surface area (Å²) in [5.74, 6) is 2.39. The van der Waals surface area contributed by atoms with Crippen LogP contribution in [0.5, 0.6) is 0 Å². The molecule has 0 aliphatic carbocycles. The number of anilines is 2. The molecule has 0 saturated carbocycles. The summed E-state index contributed by atoms with van der Waals surface area (Å²) in [7, 11) is 0. The molecule has 0 unspecified atom stereocenters. The number of hydrogen-bond acceptors (Lipinski definition) is 5. The number of aryl methyl sites for hydroxylation is 1. The molecule has 6 heteroatoms. The number of aromatic nitrogens is 2. The van der Waals surface area contributed by atoms with Crippen molar-refractivity contribution in [1.29, 1.82) is 0 Å². The van der Waals surface area contributed by atoms with Crippen LogP contribution in [0.4, 0.5) is 11.6 Å². The zero-order valence-corrected chi connectivity index (χ0v) is 13.7. The summed E-state index contributed by atoms with van der Waals surface area (Å²) >= 11 is 0. The van der Waals surface area contributed by atoms with Crippen LogP contribution in [-0.2, 0) is 11.2 Å². The molecule has 0 saturated heterocycles. The molecule has 1 heterocycles. The molecule has 0 spiro atoms. The van der Waals surface area contributed by atoms with Gasteiger partial charge in [0, 0.05) is 31.6 Å². The van der Waals surface area contributed by atoms with Crippen LogP contribution in [0.3, 0.4) is 0 Å². The Morgan fingerprint density at radius 3 is 2.52 bits per heavy atom. The van der Waals surface area contributed by atoms with Crippen LogP contribution in [0, 0.1) is 0 Å². The molecule has 0 bridgehead atoms. The number of carbonyl (C=O) groups is 1. The molecule has 2 N–H and O–H groups in total. The first-order valence-corrected chi connectivity index (χ1v) is 7.66. The summed E-state index contributed by atoms with van der Waals surface area (Å²) in [6.07, 6.45) is 0.766. The molecule has 1 rings (SSSR count). The van der Waals surface area contributed by atoms with Crippen LogP contribution in [-0.4, -0.2) is 41.6 Å². The first kappa shape index (κ1) is 17.2. The van der Waals surface area contributed by atoms with Gasteiger partial charge in [-0.2, -0.15) is 0 Å². The van der Waals surface area contributed by atoms with Crippen LogP contribution in [0.15, 0.2) is 6.07 Å². The summed E-state index contributed by atoms with van der Waals surface area (Å²) in [4.78, 5) is 22.9. The number of carbonyl (C=O) groups excluding carboxylic acids is 1. The minimum Gasteiger partial charge on any atom is -0.370 e. The van der Waals surface area contributed by atoms with Gasteiger partial charge in [0.25, 0.3) is 0 Å². The van der Waals surface area contributed by atoms with Crippen molar-refractivity contribution in [1.82, 2.24) is 15.3 Å². The predicted octanol–water partition coefficient (Wildman–Crippen LogP) is 1.82. The fourth-order valence-corrected chi connectivity index (χ4v) is 1.97. The third-order valence-corrected chi connectivity index (χ3v) is 2.92. The Morgan fingerprint density at radius 1 is 1.29 bits per heavy atom. The maximum atomic E-state index is 11.9. The van der Waals surface area contributed by atoms with Crippen molar-refractivity contribution in [2.45, 2.75) is 47.1 Å². The fraction of sp³-hybridized carbons (Fsp3) is 0.667. The number of hydrogen-bond donors (Lipinski definition) is 2. The molecule has 0 aliphatic rings. The standard InChI is InChI=1S/C15H27N5O/c1-6-12-18-13(16-7-2)9-14(19-12)20(8-3)10-15(21)17-11(4)5/h9,11H,6-8,10H2,1-5H3,(H,17,21)(H,16,18,19). The maximum absolute atomic E-state index is 11.9. The van der Waals surface area contributed by atoms with E-state index >= 15 is 0 Å². The highest BCUT2D eigenvalue weighted by Crippen LogP contribution is 2.16. The Bertz CT molecular complexity index is 461. The van der Waals surface area contributed by atoms with Crippen molar-refractivity contribution in [3.8, 4) is 0 Å². The second-order valence-electron chi connectivity index (χ2n) is 5.15. The Balaban J connectivity index is 2.93. The lowest BCUT2D eigenvalue weighted by Gasteiger charge is -2.23. The van der Waals surface area contributed by atoms with Gasteiger partial charge in [0.05, 0.1) is 6.54 Å². The molecule has 1 amide bonds. The highest BCUT2D eigenvalue weighted by molar-refractivity contribution is 5.81. The van der Waals surface area contributed by atoms with E-state index in [1.54, 1.807) is 0 Å². The molecule has 21 heavy (non-hydrogen) atoms. The van der Waals surface area contributed by atoms with Gasteiger partial charge < -0.3 is 15.5 Å². The molecule has 0 aliphatic heterocycles. The molecule has 0 atom stereocenters. The molecule has 0 fully saturated rings. The largest absolute Gasteiger partial charge is 0.370 e. The Hall–Kier alpha value is -1.85. The molecule has 1 aromatic rings. The first-order chi connectivity index (χ1) is 9.99. The van der Waals surface area contributed by atoms with Crippen molar-refractivity contribution >= 4 is 17.5 Å². The minimum absolute atomic E-state index is 0.00788. The van der Waals surface area contributed by atoms with Crippen LogP contribution in [0.25, 0.3) is 0 Å². The second-order valence-corrected chi connectivity index (χ2v) is 5.15. The highest BCUT2D eigenvalue weighted by Gasteiger charge is 2.14. The van der Waals surface area contributed by atoms with E-state index < -0.39 is 0 Å². The van der Waals surface area contributed by atoms with Gasteiger partial charge in [0.15, 0.2) is 0 Å². The van der Waals surface area contributed by atoms with Crippen LogP contribution < -0.4 is 15.5 Å². The normalized spacial score (nSPS) is 10.6. The van der Waals surface area contributed by atoms with Crippen molar-refractivity contribution in [2.75, 3.05) is 29.9 Å². The van der Waals surface area contributed by atoms with Gasteiger partial charge in [-0.1, -0.05) is 6.92 Å². The lowest BCUT2D eigenvalue weighted by molar-refractivity contribution is -0.120. The number of nitrogens with zero attached hydrogens (tertiary/aromatic N) is 3. The zero-order valence-electron chi connectivity index (χ0n) is 13.7. The molecule has 118 valence electrons. The fourth-order valence-electron chi connectivity index (χ4n) is 1.97. The van der Waals surface area contributed by atoms with E-state index in [2.05, 4.69) is 20.6 Å². The zero-order chi connectivity index (χ0) is 15.8. The average molecular weight is 293 g/mol. The third kappa shape index (κ3) is 5.57. The SMILES string of the molecule is CCNc1cc(N(CC)CC(=O)NC(C)C)nc(CC)n1. The number of likely N-dealkylation sites (N-methyl/N-ethyl adjacent to an activating group) is 1. The van der Waals surface area contributed by atoms with Gasteiger partial charge in [0.2, 0.25) is 5.91 Å². The van der Waals surface area contributed by atoms with E-state index in [1.807, 2.05) is 45.6 Å². The van der Waals surface area contributed by atoms with Gasteiger partial charge in [-0.05, 0) is 27.7 Å². The molecule has 6 nitrogen and oxygen atoms in total. The van der Waals surface area contributed by atoms with E-state index in [9.17, 15) is 4.79 Å². The molecule has 0 aromatic carbocycles. The summed E-state index contributed by atoms with van der Waals surface area (Å²) in [5, 5.41) is 6.11. The van der Waals surface area contributed by atoms with Gasteiger partial charge in [0.1, 0.15) is 17.5 Å². The van der Waals surface area contributed by atoms with Crippen LogP contribution >= 0.6 is 0 Å². The van der Waals surface area contributed by atoms with Gasteiger partial charge >= 0.3 is 0 Å². The van der Waals surface area contributed by atoms with E-state index in [-0.39, 0.29) is 11.9 Å². The van der Waals surface area contributed by atoms with E-state index in [0.29, 0.717) is 6.54 Å². The number of rotatable bonds is 8. The third-order valence-electron chi connectivity index (χ3n) is 2.92. The Labute approximate surface area is 127 Å². The van der Waals surface area contributed by atoms with E-state index in [1.165, 1.54) is 0 Å². The molecular formula is C15H27N5O. The van der Waals surface area contributed by atoms with Crippen LogP contribution in [0.2, 0.25) is 0 Å².